The molecule has 5 heteroatoms. The summed E-state index contributed by atoms with van der Waals surface area (Å²) in [5.74, 6) is 0.878. The Labute approximate surface area is 117 Å². The van der Waals surface area contributed by atoms with E-state index in [1.54, 1.807) is 6.20 Å². The van der Waals surface area contributed by atoms with Crippen LogP contribution in [0.2, 0.25) is 0 Å². The summed E-state index contributed by atoms with van der Waals surface area (Å²) in [6.07, 6.45) is 5.66. The van der Waals surface area contributed by atoms with Crippen molar-refractivity contribution in [1.82, 2.24) is 10.3 Å². The smallest absolute Gasteiger partial charge is 0.222 e. The molecule has 0 saturated carbocycles. The number of amides is 1. The Kier molecular flexibility index (Phi) is 3.67. The number of aromatic nitrogens is 1. The third kappa shape index (κ3) is 2.99. The van der Waals surface area contributed by atoms with Crippen molar-refractivity contribution >= 4 is 11.6 Å². The molecule has 1 atom stereocenters. The Morgan fingerprint density at radius 3 is 2.90 bits per heavy atom. The molecule has 3 rings (SSSR count). The zero-order valence-electron chi connectivity index (χ0n) is 11.1. The Morgan fingerprint density at radius 1 is 1.30 bits per heavy atom. The van der Waals surface area contributed by atoms with Crippen molar-refractivity contribution in [2.45, 2.75) is 25.3 Å². The lowest BCUT2D eigenvalue weighted by Crippen LogP contribution is -2.26. The average molecular weight is 271 g/mol. The molecule has 20 heavy (non-hydrogen) atoms. The van der Waals surface area contributed by atoms with E-state index in [0.29, 0.717) is 6.42 Å². The van der Waals surface area contributed by atoms with E-state index in [1.165, 1.54) is 6.39 Å². The highest BCUT2D eigenvalue weighted by atomic mass is 16.3. The van der Waals surface area contributed by atoms with E-state index in [2.05, 4.69) is 15.6 Å². The van der Waals surface area contributed by atoms with Crippen LogP contribution >= 0.6 is 0 Å². The number of benzene rings is 1. The topological polar surface area (TPSA) is 67.2 Å². The van der Waals surface area contributed by atoms with Crippen LogP contribution in [0.5, 0.6) is 0 Å². The number of carbonyl (C=O) groups is 1. The summed E-state index contributed by atoms with van der Waals surface area (Å²) in [7, 11) is 0. The predicted octanol–water partition coefficient (Wildman–Crippen LogP) is 2.42. The van der Waals surface area contributed by atoms with Gasteiger partial charge in [-0.3, -0.25) is 4.79 Å². The summed E-state index contributed by atoms with van der Waals surface area (Å²) in [5, 5.41) is 6.31. The van der Waals surface area contributed by atoms with Crippen LogP contribution in [0.15, 0.2) is 41.3 Å². The number of hydrogen-bond donors (Lipinski definition) is 2. The number of nitrogens with zero attached hydrogens (tertiary/aromatic N) is 1. The first-order chi connectivity index (χ1) is 9.81. The Bertz CT molecular complexity index is 563. The third-order valence-electron chi connectivity index (χ3n) is 3.46. The maximum atomic E-state index is 11.5. The van der Waals surface area contributed by atoms with Gasteiger partial charge in [0.05, 0.1) is 6.20 Å². The van der Waals surface area contributed by atoms with Crippen LogP contribution in [0.3, 0.4) is 0 Å². The highest BCUT2D eigenvalue weighted by Crippen LogP contribution is 2.22. The fourth-order valence-electron chi connectivity index (χ4n) is 2.42. The molecule has 5 nitrogen and oxygen atoms in total. The first-order valence-electron chi connectivity index (χ1n) is 6.83. The van der Waals surface area contributed by atoms with Crippen molar-refractivity contribution in [1.29, 1.82) is 0 Å². The summed E-state index contributed by atoms with van der Waals surface area (Å²) < 4.78 is 5.26. The Morgan fingerprint density at radius 2 is 2.15 bits per heavy atom. The van der Waals surface area contributed by atoms with E-state index < -0.39 is 0 Å². The number of oxazole rings is 1. The first-order valence-corrected chi connectivity index (χ1v) is 6.83. The van der Waals surface area contributed by atoms with E-state index in [1.807, 2.05) is 24.3 Å². The number of rotatable bonds is 3. The summed E-state index contributed by atoms with van der Waals surface area (Å²) in [6, 6.07) is 8.18. The number of anilines is 1. The Hall–Kier alpha value is -2.30. The normalized spacial score (nSPS) is 19.2. The molecule has 0 radical (unpaired) electrons. The maximum Gasteiger partial charge on any atom is 0.222 e. The van der Waals surface area contributed by atoms with Gasteiger partial charge in [0, 0.05) is 30.3 Å². The second kappa shape index (κ2) is 5.77. The molecule has 1 aliphatic heterocycles. The number of nitrogens with one attached hydrogen (secondary N) is 2. The minimum absolute atomic E-state index is 0.123. The van der Waals surface area contributed by atoms with Gasteiger partial charge in [-0.05, 0) is 37.1 Å². The van der Waals surface area contributed by atoms with Crippen LogP contribution in [0.25, 0.3) is 11.3 Å². The van der Waals surface area contributed by atoms with E-state index in [9.17, 15) is 4.79 Å². The van der Waals surface area contributed by atoms with Crippen molar-refractivity contribution in [3.8, 4) is 11.3 Å². The van der Waals surface area contributed by atoms with Gasteiger partial charge >= 0.3 is 0 Å². The summed E-state index contributed by atoms with van der Waals surface area (Å²) >= 11 is 0. The molecule has 1 aromatic heterocycles. The maximum absolute atomic E-state index is 11.5. The highest BCUT2D eigenvalue weighted by molar-refractivity contribution is 5.77. The number of carbonyl (C=O) groups excluding carboxylic acids is 1. The molecule has 1 aliphatic rings. The van der Waals surface area contributed by atoms with E-state index >= 15 is 0 Å². The fraction of sp³-hybridized carbons (Fsp3) is 0.333. The molecular formula is C15H17N3O2. The van der Waals surface area contributed by atoms with E-state index in [0.717, 1.165) is 36.4 Å². The van der Waals surface area contributed by atoms with Gasteiger partial charge in [0.15, 0.2) is 12.2 Å². The van der Waals surface area contributed by atoms with Gasteiger partial charge in [-0.25, -0.2) is 4.98 Å². The second-order valence-electron chi connectivity index (χ2n) is 4.98. The van der Waals surface area contributed by atoms with Crippen LogP contribution in [-0.2, 0) is 4.79 Å². The molecule has 2 heterocycles. The SMILES string of the molecule is O=C1CC(Nc2ccc(-c3cnco3)cc2)CCCN1. The molecule has 1 aromatic carbocycles. The Balaban J connectivity index is 1.67. The lowest BCUT2D eigenvalue weighted by Gasteiger charge is -2.16. The van der Waals surface area contributed by atoms with Crippen molar-refractivity contribution in [3.05, 3.63) is 36.9 Å². The molecule has 0 aliphatic carbocycles. The first kappa shape index (κ1) is 12.7. The standard InChI is InChI=1S/C15H17N3O2/c19-15-8-13(2-1-7-17-15)18-12-5-3-11(4-6-12)14-9-16-10-20-14/h3-6,9-10,13,18H,1-2,7-8H2,(H,17,19). The van der Waals surface area contributed by atoms with Crippen molar-refractivity contribution in [3.63, 3.8) is 0 Å². The molecule has 2 N–H and O–H groups in total. The fourth-order valence-corrected chi connectivity index (χ4v) is 2.42. The molecule has 0 bridgehead atoms. The quantitative estimate of drug-likeness (QED) is 0.899. The van der Waals surface area contributed by atoms with Crippen molar-refractivity contribution < 1.29 is 9.21 Å². The molecule has 2 aromatic rings. The highest BCUT2D eigenvalue weighted by Gasteiger charge is 2.16. The summed E-state index contributed by atoms with van der Waals surface area (Å²) in [4.78, 5) is 15.4. The third-order valence-corrected chi connectivity index (χ3v) is 3.46. The van der Waals surface area contributed by atoms with Crippen LogP contribution in [0.4, 0.5) is 5.69 Å². The monoisotopic (exact) mass is 271 g/mol. The molecular weight excluding hydrogens is 254 g/mol. The molecule has 0 spiro atoms. The molecule has 1 amide bonds. The van der Waals surface area contributed by atoms with Crippen LogP contribution in [0, 0.1) is 0 Å². The van der Waals surface area contributed by atoms with E-state index in [4.69, 9.17) is 4.42 Å². The van der Waals surface area contributed by atoms with Gasteiger partial charge in [-0.15, -0.1) is 0 Å². The van der Waals surface area contributed by atoms with Gasteiger partial charge in [0.1, 0.15) is 0 Å². The van der Waals surface area contributed by atoms with Gasteiger partial charge in [-0.1, -0.05) is 0 Å². The van der Waals surface area contributed by atoms with E-state index in [-0.39, 0.29) is 11.9 Å². The summed E-state index contributed by atoms with van der Waals surface area (Å²) in [5.41, 5.74) is 2.01. The minimum Gasteiger partial charge on any atom is -0.444 e. The molecule has 1 fully saturated rings. The largest absolute Gasteiger partial charge is 0.444 e. The van der Waals surface area contributed by atoms with Gasteiger partial charge in [0.25, 0.3) is 0 Å². The predicted molar refractivity (Wildman–Crippen MR) is 76.2 cm³/mol. The minimum atomic E-state index is 0.123. The zero-order valence-corrected chi connectivity index (χ0v) is 11.1. The van der Waals surface area contributed by atoms with Gasteiger partial charge in [0.2, 0.25) is 5.91 Å². The lowest BCUT2D eigenvalue weighted by molar-refractivity contribution is -0.120. The second-order valence-corrected chi connectivity index (χ2v) is 4.98. The van der Waals surface area contributed by atoms with Crippen molar-refractivity contribution in [2.24, 2.45) is 0 Å². The van der Waals surface area contributed by atoms with Gasteiger partial charge in [-0.2, -0.15) is 0 Å². The zero-order chi connectivity index (χ0) is 13.8. The molecule has 104 valence electrons. The lowest BCUT2D eigenvalue weighted by atomic mass is 10.1. The molecule has 1 saturated heterocycles. The number of hydrogen-bond acceptors (Lipinski definition) is 4. The van der Waals surface area contributed by atoms with Crippen LogP contribution in [-0.4, -0.2) is 23.5 Å². The van der Waals surface area contributed by atoms with Gasteiger partial charge < -0.3 is 15.1 Å². The van der Waals surface area contributed by atoms with Crippen molar-refractivity contribution in [2.75, 3.05) is 11.9 Å². The summed E-state index contributed by atoms with van der Waals surface area (Å²) in [6.45, 7) is 0.779. The van der Waals surface area contributed by atoms with Crippen LogP contribution < -0.4 is 10.6 Å². The molecule has 1 unspecified atom stereocenters. The average Bonchev–Trinajstić information content (AvgIpc) is 2.91. The van der Waals surface area contributed by atoms with Crippen LogP contribution in [0.1, 0.15) is 19.3 Å².